The molecule has 0 bridgehead atoms. The topological polar surface area (TPSA) is 37.3 Å². The van der Waals surface area contributed by atoms with Gasteiger partial charge in [0.05, 0.1) is 5.56 Å². The predicted molar refractivity (Wildman–Crippen MR) is 80.4 cm³/mol. The zero-order chi connectivity index (χ0) is 14.0. The number of halogens is 1. The lowest BCUT2D eigenvalue weighted by Crippen LogP contribution is -2.02. The van der Waals surface area contributed by atoms with Gasteiger partial charge in [-0.15, -0.1) is 0 Å². The van der Waals surface area contributed by atoms with E-state index >= 15 is 0 Å². The molecule has 0 fully saturated rings. The molecule has 0 heterocycles. The first-order valence-corrected chi connectivity index (χ1v) is 6.57. The molecule has 2 rings (SSSR count). The van der Waals surface area contributed by atoms with Crippen LogP contribution in [0.2, 0.25) is 0 Å². The third-order valence-electron chi connectivity index (χ3n) is 2.94. The number of hydrogen-bond acceptors (Lipinski definition) is 1. The summed E-state index contributed by atoms with van der Waals surface area (Å²) in [6.07, 6.45) is 0. The quantitative estimate of drug-likeness (QED) is 0.904. The lowest BCUT2D eigenvalue weighted by Gasteiger charge is -2.10. The predicted octanol–water partition coefficient (Wildman–Crippen LogP) is 4.52. The van der Waals surface area contributed by atoms with E-state index in [4.69, 9.17) is 0 Å². The largest absolute Gasteiger partial charge is 0.478 e. The Balaban J connectivity index is 2.49. The van der Waals surface area contributed by atoms with Gasteiger partial charge in [-0.05, 0) is 35.8 Å². The summed E-state index contributed by atoms with van der Waals surface area (Å²) in [5.74, 6) is -0.954. The average Bonchev–Trinajstić information content (AvgIpc) is 2.38. The summed E-state index contributed by atoms with van der Waals surface area (Å²) in [6, 6.07) is 13.1. The van der Waals surface area contributed by atoms with Gasteiger partial charge >= 0.3 is 5.97 Å². The molecule has 96 valence electrons. The van der Waals surface area contributed by atoms with E-state index in [1.54, 1.807) is 12.1 Å². The normalized spacial score (nSPS) is 10.2. The number of rotatable bonds is 3. The highest BCUT2D eigenvalue weighted by Gasteiger charge is 2.13. The fraction of sp³-hybridized carbons (Fsp3) is 0.0625. The van der Waals surface area contributed by atoms with Gasteiger partial charge in [-0.1, -0.05) is 58.4 Å². The fourth-order valence-electron chi connectivity index (χ4n) is 1.87. The minimum atomic E-state index is -0.954. The van der Waals surface area contributed by atoms with Crippen LogP contribution in [-0.4, -0.2) is 11.1 Å². The summed E-state index contributed by atoms with van der Waals surface area (Å²) < 4.78 is 0.741. The molecule has 1 N–H and O–H groups in total. The van der Waals surface area contributed by atoms with Gasteiger partial charge in [0.25, 0.3) is 0 Å². The van der Waals surface area contributed by atoms with Crippen LogP contribution in [0, 0.1) is 6.92 Å². The second-order valence-corrected chi connectivity index (χ2v) is 5.26. The molecule has 19 heavy (non-hydrogen) atoms. The lowest BCUT2D eigenvalue weighted by atomic mass is 9.95. The van der Waals surface area contributed by atoms with E-state index in [1.807, 2.05) is 37.3 Å². The number of carboxylic acid groups (broad SMARTS) is 1. The second-order valence-electron chi connectivity index (χ2n) is 4.34. The van der Waals surface area contributed by atoms with Crippen molar-refractivity contribution in [3.8, 4) is 0 Å². The highest BCUT2D eigenvalue weighted by Crippen LogP contribution is 2.27. The Morgan fingerprint density at radius 3 is 2.32 bits per heavy atom. The van der Waals surface area contributed by atoms with E-state index in [0.29, 0.717) is 11.1 Å². The molecule has 0 saturated heterocycles. The second kappa shape index (κ2) is 5.41. The Bertz CT molecular complexity index is 642. The molecule has 0 aliphatic heterocycles. The van der Waals surface area contributed by atoms with Crippen LogP contribution in [0.4, 0.5) is 0 Å². The third-order valence-corrected chi connectivity index (χ3v) is 3.43. The van der Waals surface area contributed by atoms with Crippen LogP contribution < -0.4 is 0 Å². The lowest BCUT2D eigenvalue weighted by molar-refractivity contribution is 0.0696. The van der Waals surface area contributed by atoms with Gasteiger partial charge in [-0.3, -0.25) is 0 Å². The minimum absolute atomic E-state index is 0.250. The Labute approximate surface area is 120 Å². The van der Waals surface area contributed by atoms with Gasteiger partial charge < -0.3 is 5.11 Å². The summed E-state index contributed by atoms with van der Waals surface area (Å²) in [4.78, 5) is 11.3. The van der Waals surface area contributed by atoms with E-state index in [0.717, 1.165) is 15.6 Å². The Morgan fingerprint density at radius 2 is 1.74 bits per heavy atom. The SMILES string of the molecule is C=C(c1ccc(C)cc1)c1ccc(Br)cc1C(=O)O. The van der Waals surface area contributed by atoms with Crippen LogP contribution in [0.5, 0.6) is 0 Å². The average molecular weight is 317 g/mol. The van der Waals surface area contributed by atoms with Crippen molar-refractivity contribution in [2.45, 2.75) is 6.92 Å². The molecule has 0 radical (unpaired) electrons. The van der Waals surface area contributed by atoms with Crippen LogP contribution in [-0.2, 0) is 0 Å². The van der Waals surface area contributed by atoms with Gasteiger partial charge in [0.1, 0.15) is 0 Å². The molecule has 0 aliphatic rings. The van der Waals surface area contributed by atoms with Crippen molar-refractivity contribution in [1.82, 2.24) is 0 Å². The molecule has 0 amide bonds. The van der Waals surface area contributed by atoms with Gasteiger partial charge in [-0.25, -0.2) is 4.79 Å². The van der Waals surface area contributed by atoms with Crippen LogP contribution >= 0.6 is 15.9 Å². The van der Waals surface area contributed by atoms with E-state index in [-0.39, 0.29) is 5.56 Å². The van der Waals surface area contributed by atoms with Crippen molar-refractivity contribution in [2.24, 2.45) is 0 Å². The number of hydrogen-bond donors (Lipinski definition) is 1. The van der Waals surface area contributed by atoms with Gasteiger partial charge in [0.2, 0.25) is 0 Å². The number of carbonyl (C=O) groups is 1. The number of aryl methyl sites for hydroxylation is 1. The smallest absolute Gasteiger partial charge is 0.336 e. The van der Waals surface area contributed by atoms with Crippen LogP contribution in [0.1, 0.15) is 27.0 Å². The highest BCUT2D eigenvalue weighted by molar-refractivity contribution is 9.10. The zero-order valence-corrected chi connectivity index (χ0v) is 12.1. The Kier molecular flexibility index (Phi) is 3.86. The maximum Gasteiger partial charge on any atom is 0.336 e. The molecule has 0 atom stereocenters. The van der Waals surface area contributed by atoms with Crippen molar-refractivity contribution < 1.29 is 9.90 Å². The first-order valence-electron chi connectivity index (χ1n) is 5.78. The van der Waals surface area contributed by atoms with Gasteiger partial charge in [0, 0.05) is 4.47 Å². The first kappa shape index (κ1) is 13.6. The monoisotopic (exact) mass is 316 g/mol. The maximum atomic E-state index is 11.3. The molecule has 2 aromatic carbocycles. The number of benzene rings is 2. The molecule has 2 nitrogen and oxygen atoms in total. The van der Waals surface area contributed by atoms with Crippen LogP contribution in [0.3, 0.4) is 0 Å². The first-order chi connectivity index (χ1) is 8.99. The van der Waals surface area contributed by atoms with Gasteiger partial charge in [0.15, 0.2) is 0 Å². The van der Waals surface area contributed by atoms with Gasteiger partial charge in [-0.2, -0.15) is 0 Å². The molecular formula is C16H13BrO2. The molecule has 0 unspecified atom stereocenters. The van der Waals surface area contributed by atoms with E-state index in [9.17, 15) is 9.90 Å². The summed E-state index contributed by atoms with van der Waals surface area (Å²) in [6.45, 7) is 6.03. The highest BCUT2D eigenvalue weighted by atomic mass is 79.9. The van der Waals surface area contributed by atoms with Crippen molar-refractivity contribution in [3.63, 3.8) is 0 Å². The molecular weight excluding hydrogens is 304 g/mol. The van der Waals surface area contributed by atoms with Crippen molar-refractivity contribution in [2.75, 3.05) is 0 Å². The summed E-state index contributed by atoms with van der Waals surface area (Å²) in [5, 5.41) is 9.27. The van der Waals surface area contributed by atoms with E-state index in [1.165, 1.54) is 0 Å². The molecule has 2 aromatic rings. The van der Waals surface area contributed by atoms with Crippen molar-refractivity contribution >= 4 is 27.5 Å². The van der Waals surface area contributed by atoms with Crippen molar-refractivity contribution in [1.29, 1.82) is 0 Å². The molecule has 0 aliphatic carbocycles. The summed E-state index contributed by atoms with van der Waals surface area (Å²) in [7, 11) is 0. The summed E-state index contributed by atoms with van der Waals surface area (Å²) >= 11 is 3.29. The molecule has 0 aromatic heterocycles. The number of carboxylic acids is 1. The maximum absolute atomic E-state index is 11.3. The van der Waals surface area contributed by atoms with E-state index in [2.05, 4.69) is 22.5 Å². The fourth-order valence-corrected chi connectivity index (χ4v) is 2.23. The summed E-state index contributed by atoms with van der Waals surface area (Å²) in [5.41, 5.74) is 3.69. The standard InChI is InChI=1S/C16H13BrO2/c1-10-3-5-12(6-4-10)11(2)14-8-7-13(17)9-15(14)16(18)19/h3-9H,2H2,1H3,(H,18,19). The van der Waals surface area contributed by atoms with Crippen LogP contribution in [0.15, 0.2) is 53.5 Å². The molecule has 0 spiro atoms. The molecule has 0 saturated carbocycles. The van der Waals surface area contributed by atoms with Crippen LogP contribution in [0.25, 0.3) is 5.57 Å². The Morgan fingerprint density at radius 1 is 1.11 bits per heavy atom. The van der Waals surface area contributed by atoms with E-state index < -0.39 is 5.97 Å². The minimum Gasteiger partial charge on any atom is -0.478 e. The third kappa shape index (κ3) is 2.93. The molecule has 3 heteroatoms. The Hall–Kier alpha value is -1.87. The zero-order valence-electron chi connectivity index (χ0n) is 10.5. The number of aromatic carboxylic acids is 1. The van der Waals surface area contributed by atoms with Crippen molar-refractivity contribution in [3.05, 3.63) is 75.8 Å².